The summed E-state index contributed by atoms with van der Waals surface area (Å²) >= 11 is 0. The Morgan fingerprint density at radius 2 is 0.489 bits per heavy atom. The minimum atomic E-state index is 0.339. The predicted octanol–water partition coefficient (Wildman–Crippen LogP) is 19.5. The van der Waals surface area contributed by atoms with Crippen LogP contribution in [0, 0.1) is 34.6 Å². The third-order valence-electron chi connectivity index (χ3n) is 32.6. The van der Waals surface area contributed by atoms with Gasteiger partial charge in [0.15, 0.2) is 0 Å². The van der Waals surface area contributed by atoms with Gasteiger partial charge >= 0.3 is 0 Å². The van der Waals surface area contributed by atoms with E-state index in [2.05, 4.69) is 452 Å². The van der Waals surface area contributed by atoms with Crippen molar-refractivity contribution in [3.8, 4) is 84.1 Å². The normalized spacial score (nSPS) is 13.3. The molecule has 0 radical (unpaired) electrons. The lowest BCUT2D eigenvalue weighted by molar-refractivity contribution is 1.16. The number of rotatable bonds is 0. The molecule has 0 unspecified atom stereocenters. The summed E-state index contributed by atoms with van der Waals surface area (Å²) in [7, 11) is 0. The number of nitrogens with zero attached hydrogens (tertiary/aromatic N) is 5. The summed E-state index contributed by atoms with van der Waals surface area (Å²) in [6.45, 7) is 12.9. The van der Waals surface area contributed by atoms with Gasteiger partial charge in [-0.2, -0.15) is 0 Å². The molecule has 10 aliphatic heterocycles. The van der Waals surface area contributed by atoms with Gasteiger partial charge in [-0.3, -0.25) is 0 Å². The third-order valence-corrected chi connectivity index (χ3v) is 32.6. The van der Waals surface area contributed by atoms with Gasteiger partial charge in [0.2, 0.25) is 33.6 Å². The maximum Gasteiger partial charge on any atom is 0.248 e. The van der Waals surface area contributed by atoms with Gasteiger partial charge in [-0.25, -0.2) is 0 Å². The molecular formula is C125H80B5N5. The molecule has 10 heteroatoms. The number of aryl methyl sites for hydroxylation is 5. The zero-order chi connectivity index (χ0) is 88.5. The van der Waals surface area contributed by atoms with Crippen molar-refractivity contribution in [2.24, 2.45) is 0 Å². The predicted molar refractivity (Wildman–Crippen MR) is 578 cm³/mol. The van der Waals surface area contributed by atoms with E-state index in [1.54, 1.807) is 0 Å². The average Bonchev–Trinajstić information content (AvgIpc) is 1.55. The lowest BCUT2D eigenvalue weighted by Gasteiger charge is -2.26. The van der Waals surface area contributed by atoms with E-state index >= 15 is 0 Å². The van der Waals surface area contributed by atoms with Gasteiger partial charge < -0.3 is 22.8 Å². The summed E-state index contributed by atoms with van der Waals surface area (Å²) in [6, 6.07) is 146. The summed E-state index contributed by atoms with van der Waals surface area (Å²) in [5.41, 5.74) is 62.9. The highest BCUT2D eigenvalue weighted by Gasteiger charge is 2.48. The number of fused-ring (bicyclic) bond motifs is 40. The van der Waals surface area contributed by atoms with E-state index in [4.69, 9.17) is 0 Å². The van der Waals surface area contributed by atoms with E-state index < -0.39 is 0 Å². The van der Waals surface area contributed by atoms with Crippen molar-refractivity contribution >= 4 is 225 Å². The summed E-state index contributed by atoms with van der Waals surface area (Å²) in [6.07, 6.45) is 0. The van der Waals surface area contributed by atoms with E-state index in [1.165, 1.54) is 303 Å². The fraction of sp³-hybridized carbons (Fsp3) is 0.0400. The molecule has 0 spiro atoms. The van der Waals surface area contributed by atoms with Gasteiger partial charge in [-0.1, -0.05) is 367 Å². The molecule has 135 heavy (non-hydrogen) atoms. The molecule has 0 fully saturated rings. The number of hydrogen-bond donors (Lipinski definition) is 0. The largest absolute Gasteiger partial charge is 0.310 e. The second-order valence-corrected chi connectivity index (χ2v) is 39.1. The molecule has 15 heterocycles. The number of benzene rings is 20. The molecule has 0 amide bonds. The zero-order valence-corrected chi connectivity index (χ0v) is 75.2. The van der Waals surface area contributed by atoms with Crippen molar-refractivity contribution in [3.05, 3.63) is 422 Å². The van der Waals surface area contributed by atoms with E-state index in [0.717, 1.165) is 0 Å². The molecule has 0 saturated heterocycles. The van der Waals surface area contributed by atoms with Gasteiger partial charge in [-0.15, -0.1) is 0 Å². The van der Waals surface area contributed by atoms with E-state index in [1.807, 2.05) is 0 Å². The molecule has 5 nitrogen and oxygen atoms in total. The van der Waals surface area contributed by atoms with Crippen LogP contribution in [0.1, 0.15) is 27.8 Å². The summed E-state index contributed by atoms with van der Waals surface area (Å²) in [5, 5.41) is 13.6. The first-order valence-electron chi connectivity index (χ1n) is 48.0. The van der Waals surface area contributed by atoms with Crippen LogP contribution in [-0.2, 0) is 0 Å². The van der Waals surface area contributed by atoms with Gasteiger partial charge in [-0.05, 0) is 227 Å². The maximum absolute atomic E-state index is 2.52. The molecule has 5 aromatic heterocycles. The van der Waals surface area contributed by atoms with Crippen LogP contribution in [-0.4, -0.2) is 56.4 Å². The SMILES string of the molecule is Cc1cc2c3c(c1)-n1c4ccccc4c4cccc(c41)B3c1ccccc1-2.Cc1ccc2c3c1-c1ccccc1B3c1cccc3c4ccccc4n-2c13.Cc1ccc2c3c1-n1c4ccccc4c4cccc(c41)B3c1ccccc1-2.Cc1cccc2c1-c1cccc3c1B2c1cccc2c4ccccc4n-3c12.Cc1cccc2c1c1cccc3c1n2-c1cccc2c1B3c1ccccc1-2. The molecule has 0 atom stereocenters. The second-order valence-electron chi connectivity index (χ2n) is 39.1. The first-order chi connectivity index (χ1) is 66.7. The Bertz CT molecular complexity index is 9780. The minimum absolute atomic E-state index is 0.339. The van der Waals surface area contributed by atoms with Gasteiger partial charge in [0, 0.05) is 110 Å². The Kier molecular flexibility index (Phi) is 14.9. The Hall–Kier alpha value is -16.3. The van der Waals surface area contributed by atoms with Crippen molar-refractivity contribution < 1.29 is 0 Å². The molecule has 0 aliphatic carbocycles. The van der Waals surface area contributed by atoms with Crippen LogP contribution in [0.2, 0.25) is 0 Å². The van der Waals surface area contributed by atoms with E-state index in [-0.39, 0.29) is 0 Å². The third kappa shape index (κ3) is 9.48. The smallest absolute Gasteiger partial charge is 0.248 e. The first kappa shape index (κ1) is 74.4. The van der Waals surface area contributed by atoms with E-state index in [9.17, 15) is 0 Å². The van der Waals surface area contributed by atoms with Crippen LogP contribution in [0.25, 0.3) is 193 Å². The van der Waals surface area contributed by atoms with Crippen LogP contribution in [0.15, 0.2) is 394 Å². The minimum Gasteiger partial charge on any atom is -0.310 e. The highest BCUT2D eigenvalue weighted by molar-refractivity contribution is 7.04. The lowest BCUT2D eigenvalue weighted by Crippen LogP contribution is -2.53. The maximum atomic E-state index is 2.52. The fourth-order valence-corrected chi connectivity index (χ4v) is 27.7. The van der Waals surface area contributed by atoms with Crippen molar-refractivity contribution in [2.45, 2.75) is 34.6 Å². The quantitative estimate of drug-likeness (QED) is 0.135. The molecule has 0 N–H and O–H groups in total. The summed E-state index contributed by atoms with van der Waals surface area (Å²) in [5.74, 6) is 0. The lowest BCUT2D eigenvalue weighted by atomic mass is 9.37. The van der Waals surface area contributed by atoms with Crippen LogP contribution in [0.4, 0.5) is 0 Å². The highest BCUT2D eigenvalue weighted by atomic mass is 15.0. The zero-order valence-electron chi connectivity index (χ0n) is 75.2. The van der Waals surface area contributed by atoms with Gasteiger partial charge in [0.1, 0.15) is 0 Å². The van der Waals surface area contributed by atoms with Crippen LogP contribution < -0.4 is 81.9 Å². The van der Waals surface area contributed by atoms with Crippen LogP contribution in [0.5, 0.6) is 0 Å². The molecule has 25 aromatic rings. The number of hydrogen-bond acceptors (Lipinski definition) is 0. The van der Waals surface area contributed by atoms with Crippen molar-refractivity contribution in [1.29, 1.82) is 0 Å². The standard InChI is InChI=1S/5C25H16BN/c1-15-13-14-22-24-23(15)18-8-2-4-10-19(18)26(24)20-11-6-9-17-16-7-3-5-12-21(16)27(22)25(17)20;1-15-13-19-16-7-2-4-10-20(16)26-21-11-6-9-18-17-8-3-5-12-22(17)27(25(18)21)23(14-15)24(19)26;1-15-13-14-18-16-7-2-4-10-20(16)26-21-11-6-9-19-17-8-3-5-12-22(17)27(25(19)21)24(15)23(18)26;1-15-7-4-13-21-23(15)18-10-5-12-20-25(18)27(21)22-14-6-9-17-16-8-2-3-11-19(16)26(20)24(17)22;1-15-7-4-11-19-23(15)18-10-6-14-22-24(18)26(19)20-12-5-9-17-16-8-2-3-13-21(16)27(22)25(17)20/h5*2-14H,1H3. The number of aromatic nitrogens is 5. The molecule has 35 rings (SSSR count). The van der Waals surface area contributed by atoms with Gasteiger partial charge in [0.05, 0.1) is 27.6 Å². The molecular weight excluding hydrogens is 1630 g/mol. The first-order valence-corrected chi connectivity index (χ1v) is 48.0. The fourth-order valence-electron chi connectivity index (χ4n) is 27.7. The van der Waals surface area contributed by atoms with Crippen LogP contribution >= 0.6 is 0 Å². The average molecular weight is 1710 g/mol. The Morgan fingerprint density at radius 3 is 1.04 bits per heavy atom. The van der Waals surface area contributed by atoms with Crippen molar-refractivity contribution in [1.82, 2.24) is 22.8 Å². The van der Waals surface area contributed by atoms with Crippen LogP contribution in [0.3, 0.4) is 0 Å². The Labute approximate surface area is 782 Å². The summed E-state index contributed by atoms with van der Waals surface area (Å²) < 4.78 is 12.5. The number of para-hydroxylation sites is 9. The monoisotopic (exact) mass is 1710 g/mol. The second kappa shape index (κ2) is 27.0. The Morgan fingerprint density at radius 1 is 0.170 bits per heavy atom. The molecule has 0 saturated carbocycles. The van der Waals surface area contributed by atoms with Crippen molar-refractivity contribution in [3.63, 3.8) is 0 Å². The Balaban J connectivity index is 0.0000000788. The molecule has 20 aromatic carbocycles. The van der Waals surface area contributed by atoms with E-state index in [0.29, 0.717) is 33.6 Å². The summed E-state index contributed by atoms with van der Waals surface area (Å²) in [4.78, 5) is 0. The van der Waals surface area contributed by atoms with Crippen molar-refractivity contribution in [2.75, 3.05) is 0 Å². The van der Waals surface area contributed by atoms with Gasteiger partial charge in [0.25, 0.3) is 0 Å². The highest BCUT2D eigenvalue weighted by Crippen LogP contribution is 2.46. The topological polar surface area (TPSA) is 24.6 Å². The molecule has 620 valence electrons. The molecule has 0 bridgehead atoms. The molecule has 10 aliphatic rings.